The van der Waals surface area contributed by atoms with Gasteiger partial charge >= 0.3 is 0 Å². The highest BCUT2D eigenvalue weighted by Crippen LogP contribution is 2.18. The number of sulfonamides is 1. The minimum absolute atomic E-state index is 0.0221. The van der Waals surface area contributed by atoms with Gasteiger partial charge in [-0.3, -0.25) is 9.59 Å². The molecule has 2 heterocycles. The Morgan fingerprint density at radius 1 is 1.32 bits per heavy atom. The molecule has 1 aromatic carbocycles. The van der Waals surface area contributed by atoms with Gasteiger partial charge in [0.1, 0.15) is 0 Å². The molecule has 0 aliphatic carbocycles. The molecule has 25 heavy (non-hydrogen) atoms. The van der Waals surface area contributed by atoms with Gasteiger partial charge in [-0.05, 0) is 37.6 Å². The summed E-state index contributed by atoms with van der Waals surface area (Å²) in [5, 5.41) is 8.72. The van der Waals surface area contributed by atoms with Gasteiger partial charge in [0.05, 0.1) is 11.4 Å². The van der Waals surface area contributed by atoms with Gasteiger partial charge in [0.15, 0.2) is 0 Å². The summed E-state index contributed by atoms with van der Waals surface area (Å²) in [6.45, 7) is 1.77. The smallest absolute Gasteiger partial charge is 0.251 e. The first-order valence-corrected chi connectivity index (χ1v) is 9.79. The molecule has 2 aliphatic rings. The minimum Gasteiger partial charge on any atom is -0.354 e. The Kier molecular flexibility index (Phi) is 5.36. The topological polar surface area (TPSA) is 108 Å². The van der Waals surface area contributed by atoms with Crippen LogP contribution < -0.4 is 16.0 Å². The van der Waals surface area contributed by atoms with Crippen molar-refractivity contribution in [3.8, 4) is 0 Å². The number of benzene rings is 1. The lowest BCUT2D eigenvalue weighted by atomic mass is 10.2. The zero-order chi connectivity index (χ0) is 17.9. The van der Waals surface area contributed by atoms with Crippen LogP contribution in [0.25, 0.3) is 0 Å². The predicted molar refractivity (Wildman–Crippen MR) is 91.6 cm³/mol. The van der Waals surface area contributed by atoms with Gasteiger partial charge in [-0.1, -0.05) is 6.07 Å². The van der Waals surface area contributed by atoms with E-state index in [1.807, 2.05) is 0 Å². The third kappa shape index (κ3) is 4.17. The van der Waals surface area contributed by atoms with Crippen LogP contribution >= 0.6 is 0 Å². The van der Waals surface area contributed by atoms with Gasteiger partial charge in [-0.15, -0.1) is 0 Å². The van der Waals surface area contributed by atoms with E-state index in [-0.39, 0.29) is 42.4 Å². The largest absolute Gasteiger partial charge is 0.354 e. The quantitative estimate of drug-likeness (QED) is 0.638. The molecule has 0 aromatic heterocycles. The average Bonchev–Trinajstić information content (AvgIpc) is 3.13. The fourth-order valence-corrected chi connectivity index (χ4v) is 4.46. The molecule has 1 aromatic rings. The number of hydrogen-bond acceptors (Lipinski definition) is 5. The van der Waals surface area contributed by atoms with Crippen LogP contribution in [0.5, 0.6) is 0 Å². The van der Waals surface area contributed by atoms with Gasteiger partial charge < -0.3 is 16.0 Å². The molecule has 9 heteroatoms. The van der Waals surface area contributed by atoms with E-state index in [9.17, 15) is 18.0 Å². The van der Waals surface area contributed by atoms with Crippen LogP contribution in [0.1, 0.15) is 23.2 Å². The van der Waals surface area contributed by atoms with E-state index in [4.69, 9.17) is 0 Å². The SMILES string of the molecule is O=C1CN(S(=O)(=O)c2cccc(C(=O)NCC3CCCN3)c2)CCN1. The monoisotopic (exact) mass is 366 g/mol. The van der Waals surface area contributed by atoms with Crippen molar-refractivity contribution >= 4 is 21.8 Å². The summed E-state index contributed by atoms with van der Waals surface area (Å²) in [5.41, 5.74) is 0.292. The van der Waals surface area contributed by atoms with E-state index in [1.54, 1.807) is 12.1 Å². The van der Waals surface area contributed by atoms with E-state index in [2.05, 4.69) is 16.0 Å². The molecule has 1 atom stereocenters. The summed E-state index contributed by atoms with van der Waals surface area (Å²) in [7, 11) is -3.80. The van der Waals surface area contributed by atoms with Gasteiger partial charge in [-0.2, -0.15) is 4.31 Å². The van der Waals surface area contributed by atoms with E-state index in [0.717, 1.165) is 23.7 Å². The average molecular weight is 366 g/mol. The molecule has 0 radical (unpaired) electrons. The molecule has 3 rings (SSSR count). The lowest BCUT2D eigenvalue weighted by Crippen LogP contribution is -2.49. The van der Waals surface area contributed by atoms with Gasteiger partial charge in [0.25, 0.3) is 5.91 Å². The Balaban J connectivity index is 1.71. The van der Waals surface area contributed by atoms with Gasteiger partial charge in [0, 0.05) is 31.2 Å². The van der Waals surface area contributed by atoms with Crippen LogP contribution in [0.3, 0.4) is 0 Å². The van der Waals surface area contributed by atoms with E-state index in [0.29, 0.717) is 12.1 Å². The van der Waals surface area contributed by atoms with Crippen LogP contribution in [0, 0.1) is 0 Å². The normalized spacial score (nSPS) is 21.8. The third-order valence-corrected chi connectivity index (χ3v) is 6.25. The lowest BCUT2D eigenvalue weighted by Gasteiger charge is -2.26. The zero-order valence-electron chi connectivity index (χ0n) is 13.8. The van der Waals surface area contributed by atoms with Crippen LogP contribution in [0.2, 0.25) is 0 Å². The minimum atomic E-state index is -3.80. The van der Waals surface area contributed by atoms with E-state index < -0.39 is 10.0 Å². The maximum absolute atomic E-state index is 12.7. The molecule has 2 amide bonds. The molecule has 3 N–H and O–H groups in total. The molecule has 2 aliphatic heterocycles. The summed E-state index contributed by atoms with van der Waals surface area (Å²) >= 11 is 0. The number of nitrogens with zero attached hydrogens (tertiary/aromatic N) is 1. The number of carbonyl (C=O) groups excluding carboxylic acids is 2. The fraction of sp³-hybridized carbons (Fsp3) is 0.500. The number of amides is 2. The van der Waals surface area contributed by atoms with Gasteiger partial charge in [0.2, 0.25) is 15.9 Å². The highest BCUT2D eigenvalue weighted by molar-refractivity contribution is 7.89. The van der Waals surface area contributed by atoms with Crippen molar-refractivity contribution in [2.24, 2.45) is 0 Å². The highest BCUT2D eigenvalue weighted by Gasteiger charge is 2.29. The Bertz CT molecular complexity index is 759. The first kappa shape index (κ1) is 17.8. The molecule has 8 nitrogen and oxygen atoms in total. The molecule has 1 unspecified atom stereocenters. The third-order valence-electron chi connectivity index (χ3n) is 4.41. The van der Waals surface area contributed by atoms with Crippen molar-refractivity contribution in [3.63, 3.8) is 0 Å². The number of carbonyl (C=O) groups is 2. The van der Waals surface area contributed by atoms with Gasteiger partial charge in [-0.25, -0.2) is 8.42 Å². The van der Waals surface area contributed by atoms with Crippen LogP contribution in [0.15, 0.2) is 29.2 Å². The summed E-state index contributed by atoms with van der Waals surface area (Å²) in [5.74, 6) is -0.630. The number of piperazine rings is 1. The Hall–Kier alpha value is -1.97. The molecule has 136 valence electrons. The van der Waals surface area contributed by atoms with Crippen molar-refractivity contribution in [1.29, 1.82) is 0 Å². The second kappa shape index (κ2) is 7.51. The maximum Gasteiger partial charge on any atom is 0.251 e. The standard InChI is InChI=1S/C16H22N4O4S/c21-15-11-20(8-7-18-15)25(23,24)14-5-1-3-12(9-14)16(22)19-10-13-4-2-6-17-13/h1,3,5,9,13,17H,2,4,6-8,10-11H2,(H,18,21)(H,19,22). The van der Waals surface area contributed by atoms with Crippen LogP contribution in [-0.4, -0.2) is 63.3 Å². The maximum atomic E-state index is 12.7. The second-order valence-corrected chi connectivity index (χ2v) is 8.16. The first-order valence-electron chi connectivity index (χ1n) is 8.35. The molecule has 0 bridgehead atoms. The number of rotatable bonds is 5. The molecule has 0 spiro atoms. The Morgan fingerprint density at radius 3 is 2.88 bits per heavy atom. The summed E-state index contributed by atoms with van der Waals surface area (Å²) in [4.78, 5) is 23.8. The van der Waals surface area contributed by atoms with Crippen LogP contribution in [0.4, 0.5) is 0 Å². The molecular formula is C16H22N4O4S. The summed E-state index contributed by atoms with van der Waals surface area (Å²) < 4.78 is 26.5. The van der Waals surface area contributed by atoms with Crippen molar-refractivity contribution in [3.05, 3.63) is 29.8 Å². The lowest BCUT2D eigenvalue weighted by molar-refractivity contribution is -0.122. The Morgan fingerprint density at radius 2 is 2.16 bits per heavy atom. The summed E-state index contributed by atoms with van der Waals surface area (Å²) in [6, 6.07) is 6.19. The van der Waals surface area contributed by atoms with Crippen molar-refractivity contribution in [2.45, 2.75) is 23.8 Å². The number of hydrogen-bond donors (Lipinski definition) is 3. The second-order valence-electron chi connectivity index (χ2n) is 6.22. The Labute approximate surface area is 147 Å². The molecule has 0 saturated carbocycles. The van der Waals surface area contributed by atoms with Crippen molar-refractivity contribution < 1.29 is 18.0 Å². The van der Waals surface area contributed by atoms with Crippen molar-refractivity contribution in [1.82, 2.24) is 20.3 Å². The summed E-state index contributed by atoms with van der Waals surface area (Å²) in [6.07, 6.45) is 2.11. The highest BCUT2D eigenvalue weighted by atomic mass is 32.2. The van der Waals surface area contributed by atoms with E-state index >= 15 is 0 Å². The first-order chi connectivity index (χ1) is 12.0. The predicted octanol–water partition coefficient (Wildman–Crippen LogP) is -0.711. The van der Waals surface area contributed by atoms with Crippen LogP contribution in [-0.2, 0) is 14.8 Å². The van der Waals surface area contributed by atoms with Crippen molar-refractivity contribution in [2.75, 3.05) is 32.7 Å². The fourth-order valence-electron chi connectivity index (χ4n) is 3.02. The van der Waals surface area contributed by atoms with E-state index in [1.165, 1.54) is 12.1 Å². The zero-order valence-corrected chi connectivity index (χ0v) is 14.6. The molecular weight excluding hydrogens is 344 g/mol. The molecule has 2 saturated heterocycles. The molecule has 2 fully saturated rings. The number of nitrogens with one attached hydrogen (secondary N) is 3.